The summed E-state index contributed by atoms with van der Waals surface area (Å²) >= 11 is 0. The van der Waals surface area contributed by atoms with Gasteiger partial charge in [-0.15, -0.1) is 0 Å². The van der Waals surface area contributed by atoms with Crippen LogP contribution in [-0.4, -0.2) is 23.8 Å². The molecule has 0 bridgehead atoms. The Morgan fingerprint density at radius 1 is 1.12 bits per heavy atom. The lowest BCUT2D eigenvalue weighted by Crippen LogP contribution is -2.44. The number of aliphatic hydroxyl groups is 1. The van der Waals surface area contributed by atoms with E-state index in [9.17, 15) is 5.11 Å². The third-order valence-corrected chi connectivity index (χ3v) is 4.02. The van der Waals surface area contributed by atoms with Crippen LogP contribution in [0.25, 0.3) is 0 Å². The first-order valence-electron chi connectivity index (χ1n) is 6.39. The fourth-order valence-electron chi connectivity index (χ4n) is 3.16. The van der Waals surface area contributed by atoms with Crippen LogP contribution in [0.2, 0.25) is 0 Å². The van der Waals surface area contributed by atoms with Crippen molar-refractivity contribution < 1.29 is 5.11 Å². The van der Waals surface area contributed by atoms with E-state index in [-0.39, 0.29) is 6.10 Å². The van der Waals surface area contributed by atoms with E-state index in [1.807, 2.05) is 0 Å². The zero-order chi connectivity index (χ0) is 11.0. The second-order valence-corrected chi connectivity index (χ2v) is 4.99. The lowest BCUT2D eigenvalue weighted by atomic mass is 9.91. The van der Waals surface area contributed by atoms with E-state index in [4.69, 9.17) is 0 Å². The van der Waals surface area contributed by atoms with Crippen molar-refractivity contribution in [2.75, 3.05) is 11.4 Å². The van der Waals surface area contributed by atoms with Crippen molar-refractivity contribution in [3.63, 3.8) is 0 Å². The predicted molar refractivity (Wildman–Crippen MR) is 65.8 cm³/mol. The first kappa shape index (κ1) is 10.2. The van der Waals surface area contributed by atoms with E-state index in [2.05, 4.69) is 29.2 Å². The zero-order valence-corrected chi connectivity index (χ0v) is 9.60. The maximum Gasteiger partial charge on any atom is 0.0743 e. The van der Waals surface area contributed by atoms with Crippen molar-refractivity contribution in [1.82, 2.24) is 0 Å². The fraction of sp³-hybridized carbons (Fsp3) is 0.571. The average molecular weight is 217 g/mol. The first-order chi connectivity index (χ1) is 7.86. The number of rotatable bonds is 1. The van der Waals surface area contributed by atoms with Gasteiger partial charge in [-0.25, -0.2) is 0 Å². The molecule has 2 aliphatic rings. The number of aliphatic hydroxyl groups excluding tert-OH is 1. The van der Waals surface area contributed by atoms with Crippen LogP contribution in [0.5, 0.6) is 0 Å². The Bertz CT molecular complexity index is 377. The van der Waals surface area contributed by atoms with Crippen molar-refractivity contribution in [3.8, 4) is 0 Å². The molecular formula is C14H19NO. The second-order valence-electron chi connectivity index (χ2n) is 4.99. The highest BCUT2D eigenvalue weighted by Gasteiger charge is 2.32. The Hall–Kier alpha value is -1.02. The molecule has 3 rings (SSSR count). The summed E-state index contributed by atoms with van der Waals surface area (Å²) in [7, 11) is 0. The molecule has 16 heavy (non-hydrogen) atoms. The van der Waals surface area contributed by atoms with Gasteiger partial charge in [0.25, 0.3) is 0 Å². The number of hydrogen-bond donors (Lipinski definition) is 1. The highest BCUT2D eigenvalue weighted by Crippen LogP contribution is 2.34. The number of benzene rings is 1. The van der Waals surface area contributed by atoms with Crippen molar-refractivity contribution in [2.45, 2.75) is 44.2 Å². The molecule has 1 aliphatic carbocycles. The lowest BCUT2D eigenvalue weighted by molar-refractivity contribution is 0.105. The molecule has 86 valence electrons. The van der Waals surface area contributed by atoms with E-state index in [1.165, 1.54) is 24.1 Å². The molecule has 1 aromatic carbocycles. The summed E-state index contributed by atoms with van der Waals surface area (Å²) in [5.41, 5.74) is 2.80. The van der Waals surface area contributed by atoms with Gasteiger partial charge in [0.15, 0.2) is 0 Å². The molecule has 0 amide bonds. The van der Waals surface area contributed by atoms with E-state index < -0.39 is 0 Å². The van der Waals surface area contributed by atoms with Crippen LogP contribution in [0.3, 0.4) is 0 Å². The molecule has 2 heteroatoms. The average Bonchev–Trinajstić information content (AvgIpc) is 2.74. The Morgan fingerprint density at radius 3 is 2.81 bits per heavy atom. The van der Waals surface area contributed by atoms with Crippen LogP contribution in [0.4, 0.5) is 5.69 Å². The van der Waals surface area contributed by atoms with Crippen LogP contribution < -0.4 is 4.90 Å². The van der Waals surface area contributed by atoms with Gasteiger partial charge >= 0.3 is 0 Å². The van der Waals surface area contributed by atoms with E-state index in [0.29, 0.717) is 6.04 Å². The monoisotopic (exact) mass is 217 g/mol. The van der Waals surface area contributed by atoms with Crippen molar-refractivity contribution >= 4 is 5.69 Å². The normalized spacial score (nSPS) is 29.2. The molecule has 0 radical (unpaired) electrons. The molecular weight excluding hydrogens is 198 g/mol. The van der Waals surface area contributed by atoms with E-state index in [1.54, 1.807) is 0 Å². The lowest BCUT2D eigenvalue weighted by Gasteiger charge is -2.36. The zero-order valence-electron chi connectivity index (χ0n) is 9.60. The predicted octanol–water partition coefficient (Wildman–Crippen LogP) is 2.35. The van der Waals surface area contributed by atoms with E-state index in [0.717, 1.165) is 25.8 Å². The minimum atomic E-state index is -0.125. The Balaban J connectivity index is 1.86. The van der Waals surface area contributed by atoms with Gasteiger partial charge in [0, 0.05) is 12.2 Å². The Kier molecular flexibility index (Phi) is 2.60. The second kappa shape index (κ2) is 4.10. The Labute approximate surface area is 96.9 Å². The summed E-state index contributed by atoms with van der Waals surface area (Å²) in [6.07, 6.45) is 5.59. The molecule has 2 nitrogen and oxygen atoms in total. The van der Waals surface area contributed by atoms with Crippen molar-refractivity contribution in [1.29, 1.82) is 0 Å². The number of hydrogen-bond acceptors (Lipinski definition) is 2. The summed E-state index contributed by atoms with van der Waals surface area (Å²) < 4.78 is 0. The topological polar surface area (TPSA) is 23.5 Å². The van der Waals surface area contributed by atoms with Crippen LogP contribution in [-0.2, 0) is 6.42 Å². The molecule has 1 aliphatic heterocycles. The number of nitrogens with zero attached hydrogens (tertiary/aromatic N) is 1. The summed E-state index contributed by atoms with van der Waals surface area (Å²) in [6, 6.07) is 8.98. The summed E-state index contributed by atoms with van der Waals surface area (Å²) in [6.45, 7) is 1.08. The molecule has 1 saturated carbocycles. The molecule has 1 fully saturated rings. The fourth-order valence-corrected chi connectivity index (χ4v) is 3.16. The quantitative estimate of drug-likeness (QED) is 0.780. The number of fused-ring (bicyclic) bond motifs is 1. The standard InChI is InChI=1S/C14H19NO/c16-14-8-4-3-7-13(14)15-10-9-11-5-1-2-6-12(11)15/h1-2,5-6,13-14,16H,3-4,7-10H2/t13-,14-/m0/s1. The minimum absolute atomic E-state index is 0.125. The molecule has 2 atom stereocenters. The first-order valence-corrected chi connectivity index (χ1v) is 6.39. The van der Waals surface area contributed by atoms with Crippen LogP contribution >= 0.6 is 0 Å². The van der Waals surface area contributed by atoms with Crippen LogP contribution in [0, 0.1) is 0 Å². The van der Waals surface area contributed by atoms with E-state index >= 15 is 0 Å². The largest absolute Gasteiger partial charge is 0.391 e. The molecule has 0 aromatic heterocycles. The third kappa shape index (κ3) is 1.61. The molecule has 0 unspecified atom stereocenters. The molecule has 0 spiro atoms. The van der Waals surface area contributed by atoms with Crippen LogP contribution in [0.15, 0.2) is 24.3 Å². The highest BCUT2D eigenvalue weighted by molar-refractivity contribution is 5.58. The minimum Gasteiger partial charge on any atom is -0.391 e. The van der Waals surface area contributed by atoms with Gasteiger partial charge in [0.1, 0.15) is 0 Å². The van der Waals surface area contributed by atoms with Gasteiger partial charge < -0.3 is 10.0 Å². The highest BCUT2D eigenvalue weighted by atomic mass is 16.3. The molecule has 1 N–H and O–H groups in total. The van der Waals surface area contributed by atoms with Crippen molar-refractivity contribution in [3.05, 3.63) is 29.8 Å². The van der Waals surface area contributed by atoms with Gasteiger partial charge in [-0.2, -0.15) is 0 Å². The summed E-state index contributed by atoms with van der Waals surface area (Å²) in [5.74, 6) is 0. The molecule has 1 aromatic rings. The maximum absolute atomic E-state index is 10.1. The summed E-state index contributed by atoms with van der Waals surface area (Å²) in [4.78, 5) is 2.43. The number of para-hydroxylation sites is 1. The molecule has 1 heterocycles. The van der Waals surface area contributed by atoms with Gasteiger partial charge in [-0.3, -0.25) is 0 Å². The third-order valence-electron chi connectivity index (χ3n) is 4.02. The van der Waals surface area contributed by atoms with Crippen LogP contribution in [0.1, 0.15) is 31.2 Å². The van der Waals surface area contributed by atoms with Crippen molar-refractivity contribution in [2.24, 2.45) is 0 Å². The summed E-state index contributed by atoms with van der Waals surface area (Å²) in [5, 5.41) is 10.1. The smallest absolute Gasteiger partial charge is 0.0743 e. The van der Waals surface area contributed by atoms with Gasteiger partial charge in [0.05, 0.1) is 12.1 Å². The SMILES string of the molecule is O[C@H]1CCCC[C@@H]1N1CCc2ccccc21. The van der Waals surface area contributed by atoms with Gasteiger partial charge in [-0.1, -0.05) is 31.0 Å². The van der Waals surface area contributed by atoms with Gasteiger partial charge in [-0.05, 0) is 30.9 Å². The Morgan fingerprint density at radius 2 is 1.94 bits per heavy atom. The van der Waals surface area contributed by atoms with Gasteiger partial charge in [0.2, 0.25) is 0 Å². The molecule has 0 saturated heterocycles. The number of anilines is 1. The maximum atomic E-state index is 10.1.